The number of carbonyl (C=O) groups is 1. The van der Waals surface area contributed by atoms with E-state index in [0.717, 1.165) is 60.9 Å². The Morgan fingerprint density at radius 2 is 2.00 bits per heavy atom. The molecule has 0 saturated carbocycles. The summed E-state index contributed by atoms with van der Waals surface area (Å²) in [5.41, 5.74) is 2.17. The largest absolute Gasteiger partial charge is 0.465 e. The number of nitrogens with zero attached hydrogens (tertiary/aromatic N) is 3. The number of ether oxygens (including phenoxy) is 1. The number of esters is 1. The molecule has 5 rings (SSSR count). The highest BCUT2D eigenvalue weighted by atomic mass is 32.2. The maximum Gasteiger partial charge on any atom is 0.320 e. The third-order valence-corrected chi connectivity index (χ3v) is 10.2. The normalized spacial score (nSPS) is 19.5. The van der Waals surface area contributed by atoms with E-state index < -0.39 is 10.0 Å². The van der Waals surface area contributed by atoms with Crippen LogP contribution in [0.4, 0.5) is 5.69 Å². The molecule has 1 unspecified atom stereocenters. The molecule has 0 aliphatic carbocycles. The lowest BCUT2D eigenvalue weighted by Gasteiger charge is -2.35. The van der Waals surface area contributed by atoms with Gasteiger partial charge in [-0.2, -0.15) is 0 Å². The van der Waals surface area contributed by atoms with Crippen LogP contribution < -0.4 is 4.72 Å². The summed E-state index contributed by atoms with van der Waals surface area (Å²) >= 11 is 2.95. The Balaban J connectivity index is 1.19. The van der Waals surface area contributed by atoms with Crippen LogP contribution in [0.3, 0.4) is 0 Å². The Labute approximate surface area is 219 Å². The number of sulfonamides is 1. The van der Waals surface area contributed by atoms with Gasteiger partial charge in [0.15, 0.2) is 0 Å². The molecule has 1 fully saturated rings. The Bertz CT molecular complexity index is 1350. The predicted octanol–water partition coefficient (Wildman–Crippen LogP) is 3.07. The summed E-state index contributed by atoms with van der Waals surface area (Å²) in [6, 6.07) is 10.9. The van der Waals surface area contributed by atoms with Crippen molar-refractivity contribution in [2.45, 2.75) is 16.4 Å². The van der Waals surface area contributed by atoms with Gasteiger partial charge >= 0.3 is 5.97 Å². The van der Waals surface area contributed by atoms with E-state index in [1.54, 1.807) is 35.3 Å². The smallest absolute Gasteiger partial charge is 0.320 e. The average Bonchev–Trinajstić information content (AvgIpc) is 3.61. The number of nitrogens with one attached hydrogen (secondary N) is 2. The number of aliphatic imine (C=N–C) groups is 1. The number of para-hydroxylation sites is 1. The average molecular weight is 548 g/mol. The van der Waals surface area contributed by atoms with Crippen LogP contribution in [0.5, 0.6) is 0 Å². The van der Waals surface area contributed by atoms with Gasteiger partial charge < -0.3 is 9.72 Å². The number of rotatable bonds is 9. The van der Waals surface area contributed by atoms with Crippen LogP contribution >= 0.6 is 23.1 Å². The Morgan fingerprint density at radius 1 is 1.19 bits per heavy atom. The lowest BCUT2D eigenvalue weighted by molar-refractivity contribution is -0.144. The summed E-state index contributed by atoms with van der Waals surface area (Å²) < 4.78 is 33.5. The van der Waals surface area contributed by atoms with Gasteiger partial charge in [-0.1, -0.05) is 30.0 Å². The zero-order valence-corrected chi connectivity index (χ0v) is 22.4. The first-order valence-electron chi connectivity index (χ1n) is 11.9. The van der Waals surface area contributed by atoms with Crippen molar-refractivity contribution >= 4 is 60.7 Å². The van der Waals surface area contributed by atoms with Gasteiger partial charge in [-0.05, 0) is 30.5 Å². The van der Waals surface area contributed by atoms with Gasteiger partial charge in [-0.3, -0.25) is 24.3 Å². The second-order valence-electron chi connectivity index (χ2n) is 8.76. The number of hydrogen-bond donors (Lipinski definition) is 2. The number of aromatic nitrogens is 1. The van der Waals surface area contributed by atoms with Crippen molar-refractivity contribution in [3.8, 4) is 0 Å². The summed E-state index contributed by atoms with van der Waals surface area (Å²) in [5.74, 6) is -0.156. The molecule has 3 aromatic rings. The molecular formula is C24H29N5O4S3. The van der Waals surface area contributed by atoms with E-state index >= 15 is 0 Å². The van der Waals surface area contributed by atoms with E-state index in [4.69, 9.17) is 9.73 Å². The molecule has 1 atom stereocenters. The fourth-order valence-electron chi connectivity index (χ4n) is 4.44. The minimum atomic E-state index is -3.63. The number of H-pyrrole nitrogens is 1. The molecule has 2 aliphatic heterocycles. The highest BCUT2D eigenvalue weighted by molar-refractivity contribution is 8.15. The van der Waals surface area contributed by atoms with E-state index in [1.807, 2.05) is 25.1 Å². The number of thioether (sulfide) groups is 1. The highest BCUT2D eigenvalue weighted by Gasteiger charge is 2.27. The standard InChI is InChI=1S/C24H29N5O4S3/c1-2-33-21(30)16-29-10-8-28(9-11-29)15-18-14-25-24(35-18)20-13-17-5-3-6-19(23(17)26-20)27-36(31,32)22-7-4-12-34-22/h3-7,12-13,18,26-27H,2,8-11,14-16H2,1H3. The minimum absolute atomic E-state index is 0.156. The van der Waals surface area contributed by atoms with Gasteiger partial charge in [0.05, 0.1) is 36.6 Å². The topological polar surface area (TPSA) is 107 Å². The van der Waals surface area contributed by atoms with E-state index in [9.17, 15) is 13.2 Å². The van der Waals surface area contributed by atoms with Gasteiger partial charge in [0.25, 0.3) is 10.0 Å². The fourth-order valence-corrected chi connectivity index (χ4v) is 7.64. The SMILES string of the molecule is CCOC(=O)CN1CCN(CC2CN=C(c3cc4cccc(NS(=O)(=O)c5cccs5)c4[nH]3)S2)CC1. The molecule has 9 nitrogen and oxygen atoms in total. The molecule has 2 aliphatic rings. The maximum atomic E-state index is 12.7. The molecule has 0 radical (unpaired) electrons. The summed E-state index contributed by atoms with van der Waals surface area (Å²) in [4.78, 5) is 24.5. The minimum Gasteiger partial charge on any atom is -0.465 e. The molecule has 2 N–H and O–H groups in total. The molecular weight excluding hydrogens is 518 g/mol. The van der Waals surface area contributed by atoms with Crippen LogP contribution in [0.1, 0.15) is 12.6 Å². The van der Waals surface area contributed by atoms with Crippen LogP contribution in [-0.2, 0) is 19.6 Å². The van der Waals surface area contributed by atoms with E-state index in [1.165, 1.54) is 11.3 Å². The number of fused-ring (bicyclic) bond motifs is 1. The van der Waals surface area contributed by atoms with Crippen LogP contribution in [0.2, 0.25) is 0 Å². The van der Waals surface area contributed by atoms with Gasteiger partial charge in [-0.15, -0.1) is 11.3 Å². The molecule has 12 heteroatoms. The maximum absolute atomic E-state index is 12.7. The molecule has 0 bridgehead atoms. The highest BCUT2D eigenvalue weighted by Crippen LogP contribution is 2.31. The monoisotopic (exact) mass is 547 g/mol. The number of benzene rings is 1. The molecule has 36 heavy (non-hydrogen) atoms. The molecule has 0 amide bonds. The van der Waals surface area contributed by atoms with Crippen molar-refractivity contribution in [2.24, 2.45) is 4.99 Å². The van der Waals surface area contributed by atoms with E-state index in [-0.39, 0.29) is 10.2 Å². The molecule has 192 valence electrons. The summed E-state index contributed by atoms with van der Waals surface area (Å²) in [6.07, 6.45) is 0. The van der Waals surface area contributed by atoms with Gasteiger partial charge in [-0.25, -0.2) is 8.42 Å². The van der Waals surface area contributed by atoms with Crippen LogP contribution in [-0.4, -0.2) is 91.9 Å². The van der Waals surface area contributed by atoms with Gasteiger partial charge in [0.2, 0.25) is 0 Å². The first kappa shape index (κ1) is 25.3. The number of thiophene rings is 1. The quantitative estimate of drug-likeness (QED) is 0.397. The Hall–Kier alpha value is -2.38. The second-order valence-corrected chi connectivity index (χ2v) is 12.9. The molecule has 1 saturated heterocycles. The summed E-state index contributed by atoms with van der Waals surface area (Å²) in [5, 5.41) is 3.99. The summed E-state index contributed by atoms with van der Waals surface area (Å²) in [7, 11) is -3.63. The van der Waals surface area contributed by atoms with Crippen molar-refractivity contribution in [3.05, 3.63) is 47.5 Å². The lowest BCUT2D eigenvalue weighted by atomic mass is 10.2. The third kappa shape index (κ3) is 5.78. The third-order valence-electron chi connectivity index (χ3n) is 6.19. The number of hydrogen-bond acceptors (Lipinski definition) is 9. The zero-order chi connectivity index (χ0) is 25.1. The van der Waals surface area contributed by atoms with Crippen molar-refractivity contribution in [3.63, 3.8) is 0 Å². The predicted molar refractivity (Wildman–Crippen MR) is 146 cm³/mol. The zero-order valence-electron chi connectivity index (χ0n) is 20.0. The van der Waals surface area contributed by atoms with Gasteiger partial charge in [0.1, 0.15) is 9.25 Å². The van der Waals surface area contributed by atoms with E-state index in [0.29, 0.717) is 24.1 Å². The fraction of sp³-hybridized carbons (Fsp3) is 0.417. The van der Waals surface area contributed by atoms with E-state index in [2.05, 4.69) is 19.5 Å². The van der Waals surface area contributed by atoms with Crippen molar-refractivity contribution in [1.29, 1.82) is 0 Å². The van der Waals surface area contributed by atoms with Crippen LogP contribution in [0.25, 0.3) is 10.9 Å². The summed E-state index contributed by atoms with van der Waals surface area (Å²) in [6.45, 7) is 7.85. The number of anilines is 1. The Kier molecular flexibility index (Phi) is 7.68. The van der Waals surface area contributed by atoms with Crippen LogP contribution in [0, 0.1) is 0 Å². The van der Waals surface area contributed by atoms with Crippen molar-refractivity contribution in [2.75, 3.05) is 57.1 Å². The number of piperazine rings is 1. The first-order valence-corrected chi connectivity index (χ1v) is 15.2. The Morgan fingerprint density at radius 3 is 2.75 bits per heavy atom. The van der Waals surface area contributed by atoms with Gasteiger partial charge in [0, 0.05) is 43.4 Å². The molecule has 4 heterocycles. The molecule has 0 spiro atoms. The molecule has 1 aromatic carbocycles. The van der Waals surface area contributed by atoms with Crippen LogP contribution in [0.15, 0.2) is 51.0 Å². The second kappa shape index (κ2) is 10.9. The first-order chi connectivity index (χ1) is 17.4. The lowest BCUT2D eigenvalue weighted by Crippen LogP contribution is -2.49. The van der Waals surface area contributed by atoms with Crippen molar-refractivity contribution < 1.29 is 17.9 Å². The number of aromatic amines is 1. The van der Waals surface area contributed by atoms with Crippen molar-refractivity contribution in [1.82, 2.24) is 14.8 Å². The number of carbonyl (C=O) groups excluding carboxylic acids is 1. The molecule has 2 aromatic heterocycles.